The number of methoxy groups -OCH3 is 2. The predicted octanol–water partition coefficient (Wildman–Crippen LogP) is 3.17. The zero-order valence-corrected chi connectivity index (χ0v) is 20.8. The average Bonchev–Trinajstić information content (AvgIpc) is 3.01. The van der Waals surface area contributed by atoms with E-state index in [0.29, 0.717) is 55.0 Å². The Labute approximate surface area is 201 Å². The lowest BCUT2D eigenvalue weighted by Crippen LogP contribution is -2.42. The van der Waals surface area contributed by atoms with Crippen LogP contribution in [0.4, 0.5) is 0 Å². The van der Waals surface area contributed by atoms with Gasteiger partial charge in [-0.3, -0.25) is 14.5 Å². The Hall–Kier alpha value is -3.13. The number of ketones is 1. The summed E-state index contributed by atoms with van der Waals surface area (Å²) in [6, 6.07) is 7.42. The smallest absolute Gasteiger partial charge is 0.339 e. The highest BCUT2D eigenvalue weighted by atomic mass is 16.5. The van der Waals surface area contributed by atoms with Crippen LogP contribution in [0.5, 0.6) is 5.75 Å². The van der Waals surface area contributed by atoms with Gasteiger partial charge in [0.15, 0.2) is 5.78 Å². The fourth-order valence-electron chi connectivity index (χ4n) is 4.56. The van der Waals surface area contributed by atoms with E-state index in [1.807, 2.05) is 36.1 Å². The minimum Gasteiger partial charge on any atom is -0.497 e. The van der Waals surface area contributed by atoms with Crippen molar-refractivity contribution in [3.63, 3.8) is 0 Å². The molecule has 184 valence electrons. The Bertz CT molecular complexity index is 1030. The van der Waals surface area contributed by atoms with Crippen molar-refractivity contribution in [2.75, 3.05) is 40.4 Å². The Balaban J connectivity index is 1.58. The van der Waals surface area contributed by atoms with Crippen molar-refractivity contribution in [1.29, 1.82) is 0 Å². The number of carbonyl (C=O) groups excluding carboxylic acids is 3. The molecule has 0 radical (unpaired) electrons. The standard InChI is InChI=1S/C26H35N3O5/c1-17-23(26(32)34-5)18(2)27-24(17)25(31)19(3)28-13-6-14-29(16-15-28)22(30)12-9-20-7-10-21(33-4)11-8-20/h7-8,10-11,19,27H,6,9,12-16H2,1-5H3. The minimum atomic E-state index is -0.448. The number of H-pyrrole nitrogens is 1. The second-order valence-electron chi connectivity index (χ2n) is 8.78. The van der Waals surface area contributed by atoms with E-state index in [2.05, 4.69) is 9.88 Å². The van der Waals surface area contributed by atoms with E-state index in [9.17, 15) is 14.4 Å². The maximum Gasteiger partial charge on any atom is 0.339 e. The zero-order valence-electron chi connectivity index (χ0n) is 20.8. The van der Waals surface area contributed by atoms with E-state index < -0.39 is 5.97 Å². The first kappa shape index (κ1) is 25.5. The third-order valence-electron chi connectivity index (χ3n) is 6.67. The van der Waals surface area contributed by atoms with Crippen LogP contribution in [-0.4, -0.2) is 78.9 Å². The van der Waals surface area contributed by atoms with Gasteiger partial charge in [-0.1, -0.05) is 12.1 Å². The molecule has 1 aliphatic rings. The first-order valence-corrected chi connectivity index (χ1v) is 11.7. The minimum absolute atomic E-state index is 0.0602. The molecule has 0 aliphatic carbocycles. The zero-order chi connectivity index (χ0) is 24.8. The molecule has 0 saturated carbocycles. The molecule has 3 rings (SSSR count). The van der Waals surface area contributed by atoms with Crippen LogP contribution < -0.4 is 4.74 Å². The summed E-state index contributed by atoms with van der Waals surface area (Å²) < 4.78 is 10.0. The molecule has 8 nitrogen and oxygen atoms in total. The summed E-state index contributed by atoms with van der Waals surface area (Å²) in [5, 5.41) is 0. The lowest BCUT2D eigenvalue weighted by atomic mass is 10.0. The second-order valence-corrected chi connectivity index (χ2v) is 8.78. The average molecular weight is 470 g/mol. The van der Waals surface area contributed by atoms with E-state index in [1.54, 1.807) is 21.0 Å². The van der Waals surface area contributed by atoms with Crippen molar-refractivity contribution in [3.8, 4) is 5.75 Å². The van der Waals surface area contributed by atoms with Gasteiger partial charge in [-0.2, -0.15) is 0 Å². The predicted molar refractivity (Wildman–Crippen MR) is 129 cm³/mol. The number of hydrogen-bond donors (Lipinski definition) is 1. The van der Waals surface area contributed by atoms with Crippen LogP contribution in [0.15, 0.2) is 24.3 Å². The van der Waals surface area contributed by atoms with Crippen molar-refractivity contribution in [1.82, 2.24) is 14.8 Å². The number of Topliss-reactive ketones (excluding diaryl/α,β-unsaturated/α-hetero) is 1. The lowest BCUT2D eigenvalue weighted by molar-refractivity contribution is -0.131. The molecule has 2 heterocycles. The molecule has 1 N–H and O–H groups in total. The number of nitrogens with one attached hydrogen (secondary N) is 1. The molecule has 1 fully saturated rings. The van der Waals surface area contributed by atoms with Gasteiger partial charge in [-0.25, -0.2) is 4.79 Å². The molecule has 1 aromatic heterocycles. The number of rotatable bonds is 8. The van der Waals surface area contributed by atoms with Crippen LogP contribution in [0.1, 0.15) is 57.4 Å². The number of aromatic nitrogens is 1. The molecule has 2 aromatic rings. The van der Waals surface area contributed by atoms with Crippen LogP contribution >= 0.6 is 0 Å². The number of esters is 1. The molecule has 34 heavy (non-hydrogen) atoms. The van der Waals surface area contributed by atoms with E-state index in [0.717, 1.165) is 24.3 Å². The molecular weight excluding hydrogens is 434 g/mol. The highest BCUT2D eigenvalue weighted by molar-refractivity contribution is 6.03. The van der Waals surface area contributed by atoms with E-state index in [-0.39, 0.29) is 17.7 Å². The Kier molecular flexibility index (Phi) is 8.50. The summed E-state index contributed by atoms with van der Waals surface area (Å²) in [6.07, 6.45) is 1.95. The molecular formula is C26H35N3O5. The van der Waals surface area contributed by atoms with Crippen molar-refractivity contribution in [3.05, 3.63) is 52.3 Å². The summed E-state index contributed by atoms with van der Waals surface area (Å²) in [6.45, 7) is 8.06. The quantitative estimate of drug-likeness (QED) is 0.472. The molecule has 1 atom stereocenters. The van der Waals surface area contributed by atoms with Crippen LogP contribution in [0, 0.1) is 13.8 Å². The molecule has 1 aliphatic heterocycles. The molecule has 1 amide bonds. The summed E-state index contributed by atoms with van der Waals surface area (Å²) in [5.74, 6) is 0.430. The highest BCUT2D eigenvalue weighted by Gasteiger charge is 2.30. The largest absolute Gasteiger partial charge is 0.497 e. The topological polar surface area (TPSA) is 91.9 Å². The fraction of sp³-hybridized carbons (Fsp3) is 0.500. The van der Waals surface area contributed by atoms with Gasteiger partial charge < -0.3 is 19.4 Å². The number of nitrogens with zero attached hydrogens (tertiary/aromatic N) is 2. The van der Waals surface area contributed by atoms with Crippen LogP contribution in [0.25, 0.3) is 0 Å². The number of benzene rings is 1. The lowest BCUT2D eigenvalue weighted by Gasteiger charge is -2.26. The number of carbonyl (C=O) groups is 3. The van der Waals surface area contributed by atoms with Crippen LogP contribution in [0.3, 0.4) is 0 Å². The normalized spacial score (nSPS) is 15.5. The second kappa shape index (κ2) is 11.3. The third kappa shape index (κ3) is 5.67. The van der Waals surface area contributed by atoms with Crippen LogP contribution in [-0.2, 0) is 16.0 Å². The van der Waals surface area contributed by atoms with Gasteiger partial charge in [-0.15, -0.1) is 0 Å². The van der Waals surface area contributed by atoms with Gasteiger partial charge in [0.05, 0.1) is 31.5 Å². The molecule has 1 aromatic carbocycles. The fourth-order valence-corrected chi connectivity index (χ4v) is 4.56. The number of aryl methyl sites for hydroxylation is 2. The third-order valence-corrected chi connectivity index (χ3v) is 6.67. The summed E-state index contributed by atoms with van der Waals surface area (Å²) >= 11 is 0. The van der Waals surface area contributed by atoms with Gasteiger partial charge >= 0.3 is 5.97 Å². The van der Waals surface area contributed by atoms with Crippen molar-refractivity contribution in [2.24, 2.45) is 0 Å². The van der Waals surface area contributed by atoms with Crippen molar-refractivity contribution in [2.45, 2.75) is 46.1 Å². The van der Waals surface area contributed by atoms with Crippen molar-refractivity contribution >= 4 is 17.7 Å². The monoisotopic (exact) mass is 469 g/mol. The molecule has 8 heteroatoms. The first-order chi connectivity index (χ1) is 16.3. The van der Waals surface area contributed by atoms with E-state index in [1.165, 1.54) is 7.11 Å². The molecule has 1 unspecified atom stereocenters. The summed E-state index contributed by atoms with van der Waals surface area (Å²) in [7, 11) is 2.97. The van der Waals surface area contributed by atoms with Gasteiger partial charge in [0.25, 0.3) is 0 Å². The van der Waals surface area contributed by atoms with Crippen molar-refractivity contribution < 1.29 is 23.9 Å². The maximum atomic E-state index is 13.3. The Morgan fingerprint density at radius 1 is 1.03 bits per heavy atom. The number of amides is 1. The maximum absolute atomic E-state index is 13.3. The molecule has 1 saturated heterocycles. The van der Waals surface area contributed by atoms with E-state index in [4.69, 9.17) is 9.47 Å². The number of ether oxygens (including phenoxy) is 2. The van der Waals surface area contributed by atoms with Gasteiger partial charge in [-0.05, 0) is 56.9 Å². The number of hydrogen-bond acceptors (Lipinski definition) is 6. The molecule has 0 bridgehead atoms. The van der Waals surface area contributed by atoms with Crippen LogP contribution in [0.2, 0.25) is 0 Å². The summed E-state index contributed by atoms with van der Waals surface area (Å²) in [4.78, 5) is 45.3. The summed E-state index contributed by atoms with van der Waals surface area (Å²) in [5.41, 5.74) is 3.22. The van der Waals surface area contributed by atoms with Gasteiger partial charge in [0, 0.05) is 38.3 Å². The Morgan fingerprint density at radius 2 is 1.74 bits per heavy atom. The number of aromatic amines is 1. The van der Waals surface area contributed by atoms with Gasteiger partial charge in [0.1, 0.15) is 5.75 Å². The first-order valence-electron chi connectivity index (χ1n) is 11.7. The van der Waals surface area contributed by atoms with Gasteiger partial charge in [0.2, 0.25) is 5.91 Å². The molecule has 0 spiro atoms. The highest BCUT2D eigenvalue weighted by Crippen LogP contribution is 2.22. The SMILES string of the molecule is COC(=O)c1c(C)[nH]c(C(=O)C(C)N2CCCN(C(=O)CCc3ccc(OC)cc3)CC2)c1C. The Morgan fingerprint density at radius 3 is 2.38 bits per heavy atom. The van der Waals surface area contributed by atoms with E-state index >= 15 is 0 Å².